The van der Waals surface area contributed by atoms with Gasteiger partial charge in [0.05, 0.1) is 16.8 Å². The van der Waals surface area contributed by atoms with Crippen molar-refractivity contribution in [2.45, 2.75) is 37.3 Å². The Labute approximate surface area is 202 Å². The smallest absolute Gasteiger partial charge is 0.267 e. The summed E-state index contributed by atoms with van der Waals surface area (Å²) in [6, 6.07) is 12.6. The third-order valence-corrected chi connectivity index (χ3v) is 7.91. The van der Waals surface area contributed by atoms with Gasteiger partial charge in [-0.3, -0.25) is 14.2 Å². The highest BCUT2D eigenvalue weighted by Gasteiger charge is 2.23. The van der Waals surface area contributed by atoms with Crippen LogP contribution in [0.1, 0.15) is 29.7 Å². The molecule has 0 fully saturated rings. The van der Waals surface area contributed by atoms with Crippen molar-refractivity contribution in [3.8, 4) is 5.69 Å². The van der Waals surface area contributed by atoms with E-state index >= 15 is 0 Å². The molecule has 2 heterocycles. The minimum absolute atomic E-state index is 0.154. The molecule has 0 radical (unpaired) electrons. The molecule has 4 aromatic rings. The largest absolute Gasteiger partial charge is 0.320 e. The summed E-state index contributed by atoms with van der Waals surface area (Å²) < 4.78 is 29.4. The highest BCUT2D eigenvalue weighted by atomic mass is 32.2. The molecule has 5 rings (SSSR count). The summed E-state index contributed by atoms with van der Waals surface area (Å²) in [5.41, 5.74) is 1.11. The van der Waals surface area contributed by atoms with E-state index < -0.39 is 23.2 Å². The lowest BCUT2D eigenvalue weighted by Crippen LogP contribution is -2.23. The summed E-state index contributed by atoms with van der Waals surface area (Å²) in [6.45, 7) is 0. The van der Waals surface area contributed by atoms with Gasteiger partial charge in [0.1, 0.15) is 22.2 Å². The van der Waals surface area contributed by atoms with Crippen LogP contribution < -0.4 is 10.9 Å². The van der Waals surface area contributed by atoms with Crippen LogP contribution in [0.4, 0.5) is 14.5 Å². The minimum atomic E-state index is -0.848. The van der Waals surface area contributed by atoms with Crippen LogP contribution in [0.2, 0.25) is 0 Å². The fourth-order valence-corrected chi connectivity index (χ4v) is 6.30. The number of fused-ring (bicyclic) bond motifs is 3. The summed E-state index contributed by atoms with van der Waals surface area (Å²) in [7, 11) is 0. The van der Waals surface area contributed by atoms with Crippen molar-refractivity contribution in [2.75, 3.05) is 11.1 Å². The SMILES string of the molecule is O=C(CSc1nc2sc3c(c2c(=O)n1-c1ccccc1)CCCCC3)Nc1c(F)cccc1F. The minimum Gasteiger partial charge on any atom is -0.320 e. The van der Waals surface area contributed by atoms with Crippen LogP contribution in [0, 0.1) is 11.6 Å². The summed E-state index contributed by atoms with van der Waals surface area (Å²) in [4.78, 5) is 32.9. The lowest BCUT2D eigenvalue weighted by atomic mass is 10.1. The first-order valence-electron chi connectivity index (χ1n) is 11.0. The van der Waals surface area contributed by atoms with Crippen LogP contribution >= 0.6 is 23.1 Å². The molecule has 174 valence electrons. The Morgan fingerprint density at radius 1 is 1.03 bits per heavy atom. The number of aryl methyl sites for hydroxylation is 2. The molecule has 0 spiro atoms. The molecule has 1 amide bonds. The van der Waals surface area contributed by atoms with Gasteiger partial charge in [-0.25, -0.2) is 13.8 Å². The van der Waals surface area contributed by atoms with E-state index in [0.717, 1.165) is 61.6 Å². The molecule has 1 aliphatic rings. The first kappa shape index (κ1) is 22.7. The quantitative estimate of drug-likeness (QED) is 0.217. The van der Waals surface area contributed by atoms with E-state index in [9.17, 15) is 18.4 Å². The predicted octanol–water partition coefficient (Wildman–Crippen LogP) is 5.73. The lowest BCUT2D eigenvalue weighted by Gasteiger charge is -2.13. The second-order valence-corrected chi connectivity index (χ2v) is 10.1. The number of thiophene rings is 1. The van der Waals surface area contributed by atoms with Gasteiger partial charge in [0, 0.05) is 4.88 Å². The van der Waals surface area contributed by atoms with E-state index in [1.54, 1.807) is 11.3 Å². The molecule has 0 aliphatic heterocycles. The number of carbonyl (C=O) groups is 1. The van der Waals surface area contributed by atoms with Crippen molar-refractivity contribution < 1.29 is 13.6 Å². The number of aromatic nitrogens is 2. The Hall–Kier alpha value is -3.04. The number of thioether (sulfide) groups is 1. The second-order valence-electron chi connectivity index (χ2n) is 8.05. The first-order valence-corrected chi connectivity index (χ1v) is 12.8. The molecule has 2 aromatic heterocycles. The number of nitrogens with zero attached hydrogens (tertiary/aromatic N) is 2. The summed E-state index contributed by atoms with van der Waals surface area (Å²) >= 11 is 2.61. The maximum absolute atomic E-state index is 13.9. The topological polar surface area (TPSA) is 64.0 Å². The Morgan fingerprint density at radius 2 is 1.76 bits per heavy atom. The Balaban J connectivity index is 1.52. The Morgan fingerprint density at radius 3 is 2.53 bits per heavy atom. The number of nitrogens with one attached hydrogen (secondary N) is 1. The van der Waals surface area contributed by atoms with Crippen LogP contribution in [0.25, 0.3) is 15.9 Å². The van der Waals surface area contributed by atoms with Gasteiger partial charge in [0.15, 0.2) is 5.16 Å². The Bertz CT molecular complexity index is 1410. The average Bonchev–Trinajstić information content (AvgIpc) is 3.02. The fraction of sp³-hybridized carbons (Fsp3) is 0.240. The first-order chi connectivity index (χ1) is 16.5. The highest BCUT2D eigenvalue weighted by Crippen LogP contribution is 2.34. The summed E-state index contributed by atoms with van der Waals surface area (Å²) in [5, 5.41) is 3.31. The molecular formula is C25H21F2N3O2S2. The van der Waals surface area contributed by atoms with E-state index in [1.807, 2.05) is 30.3 Å². The molecule has 1 N–H and O–H groups in total. The van der Waals surface area contributed by atoms with Gasteiger partial charge in [-0.05, 0) is 55.5 Å². The predicted molar refractivity (Wildman–Crippen MR) is 132 cm³/mol. The number of rotatable bonds is 5. The molecule has 0 saturated heterocycles. The molecule has 34 heavy (non-hydrogen) atoms. The average molecular weight is 498 g/mol. The number of para-hydroxylation sites is 2. The van der Waals surface area contributed by atoms with Crippen molar-refractivity contribution in [3.05, 3.63) is 81.0 Å². The van der Waals surface area contributed by atoms with Gasteiger partial charge in [-0.2, -0.15) is 0 Å². The standard InChI is InChI=1S/C25H21F2N3O2S2/c26-17-11-7-12-18(27)22(17)28-20(31)14-33-25-29-23-21(16-10-5-2-6-13-19(16)34-23)24(32)30(25)15-8-3-1-4-9-15/h1,3-4,7-9,11-12H,2,5-6,10,13-14H2,(H,28,31). The fourth-order valence-electron chi connectivity index (χ4n) is 4.19. The monoisotopic (exact) mass is 497 g/mol. The zero-order valence-electron chi connectivity index (χ0n) is 18.1. The molecular weight excluding hydrogens is 476 g/mol. The van der Waals surface area contributed by atoms with Crippen LogP contribution in [0.3, 0.4) is 0 Å². The number of anilines is 1. The normalized spacial score (nSPS) is 13.5. The van der Waals surface area contributed by atoms with Crippen LogP contribution in [-0.4, -0.2) is 21.2 Å². The molecule has 9 heteroatoms. The van der Waals surface area contributed by atoms with Crippen LogP contribution in [-0.2, 0) is 17.6 Å². The third-order valence-electron chi connectivity index (χ3n) is 5.78. The number of hydrogen-bond acceptors (Lipinski definition) is 5. The molecule has 1 aliphatic carbocycles. The zero-order valence-corrected chi connectivity index (χ0v) is 19.8. The van der Waals surface area contributed by atoms with Crippen molar-refractivity contribution >= 4 is 44.9 Å². The number of hydrogen-bond donors (Lipinski definition) is 1. The third kappa shape index (κ3) is 4.37. The van der Waals surface area contributed by atoms with E-state index in [1.165, 1.54) is 15.5 Å². The van der Waals surface area contributed by atoms with E-state index in [4.69, 9.17) is 4.98 Å². The van der Waals surface area contributed by atoms with Gasteiger partial charge in [-0.15, -0.1) is 11.3 Å². The van der Waals surface area contributed by atoms with Crippen molar-refractivity contribution in [3.63, 3.8) is 0 Å². The van der Waals surface area contributed by atoms with Gasteiger partial charge >= 0.3 is 0 Å². The maximum atomic E-state index is 13.9. The molecule has 0 saturated carbocycles. The summed E-state index contributed by atoms with van der Waals surface area (Å²) in [6.07, 6.45) is 5.10. The number of carbonyl (C=O) groups excluding carboxylic acids is 1. The molecule has 0 atom stereocenters. The molecule has 5 nitrogen and oxygen atoms in total. The van der Waals surface area contributed by atoms with Gasteiger partial charge in [0.2, 0.25) is 5.91 Å². The van der Waals surface area contributed by atoms with E-state index in [2.05, 4.69) is 5.32 Å². The van der Waals surface area contributed by atoms with Crippen molar-refractivity contribution in [2.24, 2.45) is 0 Å². The maximum Gasteiger partial charge on any atom is 0.267 e. The van der Waals surface area contributed by atoms with Gasteiger partial charge in [0.25, 0.3) is 5.56 Å². The van der Waals surface area contributed by atoms with Gasteiger partial charge in [-0.1, -0.05) is 42.4 Å². The second kappa shape index (κ2) is 9.68. The summed E-state index contributed by atoms with van der Waals surface area (Å²) in [5.74, 6) is -2.45. The molecule has 0 unspecified atom stereocenters. The number of benzene rings is 2. The number of amides is 1. The lowest BCUT2D eigenvalue weighted by molar-refractivity contribution is -0.113. The van der Waals surface area contributed by atoms with Gasteiger partial charge < -0.3 is 5.32 Å². The highest BCUT2D eigenvalue weighted by molar-refractivity contribution is 7.99. The van der Waals surface area contributed by atoms with E-state index in [0.29, 0.717) is 21.1 Å². The van der Waals surface area contributed by atoms with Crippen LogP contribution in [0.15, 0.2) is 58.5 Å². The molecule has 0 bridgehead atoms. The Kier molecular flexibility index (Phi) is 6.47. The van der Waals surface area contributed by atoms with Crippen LogP contribution in [0.5, 0.6) is 0 Å². The van der Waals surface area contributed by atoms with Crippen molar-refractivity contribution in [1.29, 1.82) is 0 Å². The zero-order chi connectivity index (χ0) is 23.7. The number of halogens is 2. The van der Waals surface area contributed by atoms with Crippen molar-refractivity contribution in [1.82, 2.24) is 9.55 Å². The molecule has 2 aromatic carbocycles. The van der Waals surface area contributed by atoms with E-state index in [-0.39, 0.29) is 11.3 Å².